The first-order valence-electron chi connectivity index (χ1n) is 11.6. The number of nitrogen functional groups attached to an aromatic ring is 1. The Balaban J connectivity index is 1.66. The van der Waals surface area contributed by atoms with Crippen molar-refractivity contribution in [2.45, 2.75) is 24.5 Å². The van der Waals surface area contributed by atoms with Gasteiger partial charge in [0.1, 0.15) is 29.6 Å². The molecule has 3 heterocycles. The molecule has 4 rings (SSSR count). The standard InChI is InChI=1S/C25H26F2N4O6S/c1-15(2)11-36-18-9-16(8-17(26)10-18)20-7-6-19(24(29-20)37-14-25(27)12-35-13-25)23(32)31-38(33,34)22-5-3-4-21(28)30-22/h3-10,15H,11-14H2,1-2H3,(H2,28,30)(H,31,32). The number of aromatic nitrogens is 2. The summed E-state index contributed by atoms with van der Waals surface area (Å²) >= 11 is 0. The van der Waals surface area contributed by atoms with Crippen LogP contribution < -0.4 is 19.9 Å². The minimum Gasteiger partial charge on any atom is -0.493 e. The Hall–Kier alpha value is -3.84. The molecule has 3 N–H and O–H groups in total. The highest BCUT2D eigenvalue weighted by atomic mass is 32.2. The molecule has 0 spiro atoms. The summed E-state index contributed by atoms with van der Waals surface area (Å²) in [5, 5.41) is -0.471. The SMILES string of the molecule is CC(C)COc1cc(F)cc(-c2ccc(C(=O)NS(=O)(=O)c3cccc(N)n3)c(OCC3(F)COC3)n2)c1. The van der Waals surface area contributed by atoms with E-state index >= 15 is 0 Å². The van der Waals surface area contributed by atoms with Gasteiger partial charge in [-0.2, -0.15) is 8.42 Å². The number of nitrogens with two attached hydrogens (primary N) is 1. The average Bonchev–Trinajstić information content (AvgIpc) is 2.84. The van der Waals surface area contributed by atoms with E-state index in [4.69, 9.17) is 19.9 Å². The molecule has 202 valence electrons. The van der Waals surface area contributed by atoms with E-state index in [9.17, 15) is 22.0 Å². The van der Waals surface area contributed by atoms with Crippen LogP contribution in [-0.2, 0) is 14.8 Å². The highest BCUT2D eigenvalue weighted by Gasteiger charge is 2.40. The van der Waals surface area contributed by atoms with Crippen molar-refractivity contribution in [2.75, 3.05) is 32.2 Å². The molecule has 0 saturated carbocycles. The number of anilines is 1. The van der Waals surface area contributed by atoms with Gasteiger partial charge in [0.2, 0.25) is 5.88 Å². The lowest BCUT2D eigenvalue weighted by Crippen LogP contribution is -2.50. The summed E-state index contributed by atoms with van der Waals surface area (Å²) in [5.41, 5.74) is 3.95. The van der Waals surface area contributed by atoms with Crippen molar-refractivity contribution < 1.29 is 36.2 Å². The minimum absolute atomic E-state index is 0.0573. The number of halogens is 2. The zero-order valence-electron chi connectivity index (χ0n) is 20.6. The van der Waals surface area contributed by atoms with Crippen molar-refractivity contribution in [3.05, 3.63) is 59.9 Å². The number of rotatable bonds is 10. The number of carbonyl (C=O) groups excluding carboxylic acids is 1. The molecule has 1 saturated heterocycles. The second kappa shape index (κ2) is 10.9. The Kier molecular flexibility index (Phi) is 7.78. The molecule has 38 heavy (non-hydrogen) atoms. The van der Waals surface area contributed by atoms with Gasteiger partial charge in [-0.3, -0.25) is 4.79 Å². The van der Waals surface area contributed by atoms with Crippen LogP contribution in [0.15, 0.2) is 53.6 Å². The highest BCUT2D eigenvalue weighted by Crippen LogP contribution is 2.30. The quantitative estimate of drug-likeness (QED) is 0.391. The fourth-order valence-corrected chi connectivity index (χ4v) is 4.30. The summed E-state index contributed by atoms with van der Waals surface area (Å²) in [6.07, 6.45) is 0. The number of hydrogen-bond donors (Lipinski definition) is 2. The van der Waals surface area contributed by atoms with Gasteiger partial charge in [-0.05, 0) is 42.3 Å². The summed E-state index contributed by atoms with van der Waals surface area (Å²) in [7, 11) is -4.40. The van der Waals surface area contributed by atoms with Crippen LogP contribution in [0, 0.1) is 11.7 Å². The van der Waals surface area contributed by atoms with E-state index in [1.807, 2.05) is 18.6 Å². The Morgan fingerprint density at radius 2 is 1.92 bits per heavy atom. The molecule has 0 aliphatic carbocycles. The first kappa shape index (κ1) is 27.2. The topological polar surface area (TPSA) is 143 Å². The molecule has 1 fully saturated rings. The van der Waals surface area contributed by atoms with E-state index in [1.165, 1.54) is 36.4 Å². The van der Waals surface area contributed by atoms with Crippen LogP contribution in [0.5, 0.6) is 11.6 Å². The lowest BCUT2D eigenvalue weighted by Gasteiger charge is -2.33. The van der Waals surface area contributed by atoms with Gasteiger partial charge in [-0.1, -0.05) is 19.9 Å². The van der Waals surface area contributed by atoms with Crippen molar-refractivity contribution in [1.29, 1.82) is 0 Å². The fraction of sp³-hybridized carbons (Fsp3) is 0.320. The Bertz CT molecular complexity index is 1450. The number of nitrogens with zero attached hydrogens (tertiary/aromatic N) is 2. The fourth-order valence-electron chi connectivity index (χ4n) is 3.36. The van der Waals surface area contributed by atoms with Crippen molar-refractivity contribution >= 4 is 21.7 Å². The van der Waals surface area contributed by atoms with Gasteiger partial charge in [0.25, 0.3) is 15.9 Å². The van der Waals surface area contributed by atoms with Gasteiger partial charge >= 0.3 is 0 Å². The molecule has 1 aliphatic heterocycles. The maximum atomic E-state index is 14.6. The van der Waals surface area contributed by atoms with Gasteiger partial charge in [0, 0.05) is 11.6 Å². The van der Waals surface area contributed by atoms with Crippen molar-refractivity contribution in [1.82, 2.24) is 14.7 Å². The third-order valence-corrected chi connectivity index (χ3v) is 6.52. The van der Waals surface area contributed by atoms with Crippen molar-refractivity contribution in [3.63, 3.8) is 0 Å². The first-order valence-corrected chi connectivity index (χ1v) is 13.1. The van der Waals surface area contributed by atoms with Crippen LogP contribution in [0.3, 0.4) is 0 Å². The number of amides is 1. The molecule has 0 unspecified atom stereocenters. The van der Waals surface area contributed by atoms with E-state index < -0.39 is 39.0 Å². The Morgan fingerprint density at radius 3 is 2.58 bits per heavy atom. The van der Waals surface area contributed by atoms with E-state index in [0.29, 0.717) is 12.2 Å². The molecule has 13 heteroatoms. The molecule has 0 radical (unpaired) electrons. The van der Waals surface area contributed by atoms with E-state index in [-0.39, 0.29) is 47.8 Å². The highest BCUT2D eigenvalue weighted by molar-refractivity contribution is 7.90. The largest absolute Gasteiger partial charge is 0.493 e. The second-order valence-corrected chi connectivity index (χ2v) is 10.8. The lowest BCUT2D eigenvalue weighted by atomic mass is 10.1. The van der Waals surface area contributed by atoms with Crippen LogP contribution in [0.1, 0.15) is 24.2 Å². The number of nitrogens with one attached hydrogen (secondary N) is 1. The van der Waals surface area contributed by atoms with Crippen LogP contribution in [0.4, 0.5) is 14.6 Å². The predicted octanol–water partition coefficient (Wildman–Crippen LogP) is 3.14. The summed E-state index contributed by atoms with van der Waals surface area (Å²) in [6, 6.07) is 10.5. The van der Waals surface area contributed by atoms with Gasteiger partial charge in [-0.25, -0.2) is 23.5 Å². The maximum Gasteiger partial charge on any atom is 0.281 e. The number of sulfonamides is 1. The first-order chi connectivity index (χ1) is 17.9. The molecule has 0 bridgehead atoms. The lowest BCUT2D eigenvalue weighted by molar-refractivity contribution is -0.146. The van der Waals surface area contributed by atoms with E-state index in [0.717, 1.165) is 6.07 Å². The molecular formula is C25H26F2N4O6S. The molecule has 0 atom stereocenters. The van der Waals surface area contributed by atoms with Crippen LogP contribution in [0.25, 0.3) is 11.3 Å². The van der Waals surface area contributed by atoms with Gasteiger partial charge < -0.3 is 19.9 Å². The smallest absolute Gasteiger partial charge is 0.281 e. The predicted molar refractivity (Wildman–Crippen MR) is 133 cm³/mol. The summed E-state index contributed by atoms with van der Waals surface area (Å²) in [6.45, 7) is 3.35. The third-order valence-electron chi connectivity index (χ3n) is 5.29. The van der Waals surface area contributed by atoms with Crippen molar-refractivity contribution in [3.8, 4) is 22.9 Å². The van der Waals surface area contributed by atoms with E-state index in [2.05, 4.69) is 9.97 Å². The number of hydrogen-bond acceptors (Lipinski definition) is 9. The maximum absolute atomic E-state index is 14.6. The van der Waals surface area contributed by atoms with Gasteiger partial charge in [-0.15, -0.1) is 0 Å². The molecule has 1 aliphatic rings. The number of carbonyl (C=O) groups is 1. The Labute approximate surface area is 218 Å². The van der Waals surface area contributed by atoms with Crippen LogP contribution in [-0.4, -0.2) is 56.4 Å². The molecule has 1 aromatic carbocycles. The van der Waals surface area contributed by atoms with Crippen LogP contribution in [0.2, 0.25) is 0 Å². The second-order valence-electron chi connectivity index (χ2n) is 9.20. The monoisotopic (exact) mass is 548 g/mol. The van der Waals surface area contributed by atoms with Crippen molar-refractivity contribution in [2.24, 2.45) is 5.92 Å². The van der Waals surface area contributed by atoms with E-state index in [1.54, 1.807) is 6.07 Å². The number of benzene rings is 1. The summed E-state index contributed by atoms with van der Waals surface area (Å²) in [5.74, 6) is -1.61. The van der Waals surface area contributed by atoms with Crippen LogP contribution >= 0.6 is 0 Å². The average molecular weight is 549 g/mol. The number of alkyl halides is 1. The molecule has 10 nitrogen and oxygen atoms in total. The molecule has 1 amide bonds. The zero-order valence-corrected chi connectivity index (χ0v) is 21.4. The number of pyridine rings is 2. The minimum atomic E-state index is -4.40. The molecular weight excluding hydrogens is 522 g/mol. The zero-order chi connectivity index (χ0) is 27.5. The third kappa shape index (κ3) is 6.53. The van der Waals surface area contributed by atoms with Gasteiger partial charge in [0.15, 0.2) is 10.7 Å². The Morgan fingerprint density at radius 1 is 1.16 bits per heavy atom. The number of ether oxygens (including phenoxy) is 3. The normalized spacial score (nSPS) is 14.6. The summed E-state index contributed by atoms with van der Waals surface area (Å²) < 4.78 is 72.2. The van der Waals surface area contributed by atoms with Gasteiger partial charge in [0.05, 0.1) is 25.5 Å². The molecule has 2 aromatic heterocycles. The molecule has 3 aromatic rings. The summed E-state index contributed by atoms with van der Waals surface area (Å²) in [4.78, 5) is 21.0.